The number of hydrogen-bond acceptors (Lipinski definition) is 4. The Hall–Kier alpha value is -1.79. The average Bonchev–Trinajstić information content (AvgIpc) is 2.64. The summed E-state index contributed by atoms with van der Waals surface area (Å²) in [6.07, 6.45) is 2.31. The van der Waals surface area contributed by atoms with Gasteiger partial charge in [-0.25, -0.2) is 4.79 Å². The summed E-state index contributed by atoms with van der Waals surface area (Å²) in [6, 6.07) is 7.49. The number of piperazine rings is 1. The minimum Gasteiger partial charge on any atom is -0.497 e. The van der Waals surface area contributed by atoms with E-state index in [-0.39, 0.29) is 6.03 Å². The van der Waals surface area contributed by atoms with Gasteiger partial charge < -0.3 is 24.8 Å². The average molecular weight is 346 g/mol. The van der Waals surface area contributed by atoms with Crippen molar-refractivity contribution in [2.45, 2.75) is 12.8 Å². The molecule has 25 heavy (non-hydrogen) atoms. The zero-order chi connectivity index (χ0) is 17.6. The van der Waals surface area contributed by atoms with Crippen LogP contribution in [0.5, 0.6) is 5.75 Å². The van der Waals surface area contributed by atoms with E-state index in [0.717, 1.165) is 63.7 Å². The number of carbonyl (C=O) groups is 1. The summed E-state index contributed by atoms with van der Waals surface area (Å²) < 4.78 is 5.15. The zero-order valence-corrected chi connectivity index (χ0v) is 15.4. The number of ether oxygens (including phenoxy) is 1. The first-order valence-corrected chi connectivity index (χ1v) is 9.25. The minimum atomic E-state index is 0.00763. The van der Waals surface area contributed by atoms with E-state index in [2.05, 4.69) is 22.2 Å². The van der Waals surface area contributed by atoms with E-state index in [4.69, 9.17) is 4.74 Å². The van der Waals surface area contributed by atoms with Crippen molar-refractivity contribution >= 4 is 11.7 Å². The Kier molecular flexibility index (Phi) is 6.15. The summed E-state index contributed by atoms with van der Waals surface area (Å²) in [6.45, 7) is 7.40. The molecular formula is C19H30N4O2. The molecule has 0 aromatic heterocycles. The molecule has 0 saturated carbocycles. The molecule has 1 atom stereocenters. The fourth-order valence-corrected chi connectivity index (χ4v) is 3.67. The number of hydrogen-bond donors (Lipinski definition) is 1. The highest BCUT2D eigenvalue weighted by atomic mass is 16.5. The van der Waals surface area contributed by atoms with Crippen LogP contribution in [0, 0.1) is 5.92 Å². The number of nitrogens with zero attached hydrogens (tertiary/aromatic N) is 3. The Morgan fingerprint density at radius 3 is 2.56 bits per heavy atom. The lowest BCUT2D eigenvalue weighted by molar-refractivity contribution is 0.109. The van der Waals surface area contributed by atoms with Gasteiger partial charge >= 0.3 is 6.03 Å². The molecule has 0 aliphatic carbocycles. The first-order chi connectivity index (χ1) is 12.1. The monoisotopic (exact) mass is 346 g/mol. The summed E-state index contributed by atoms with van der Waals surface area (Å²) in [4.78, 5) is 19.5. The lowest BCUT2D eigenvalue weighted by atomic mass is 9.97. The van der Waals surface area contributed by atoms with Gasteiger partial charge in [0.2, 0.25) is 0 Å². The number of rotatable bonds is 4. The zero-order valence-electron chi connectivity index (χ0n) is 15.4. The molecule has 2 heterocycles. The molecule has 0 bridgehead atoms. The van der Waals surface area contributed by atoms with Gasteiger partial charge in [-0.15, -0.1) is 0 Å². The normalized spacial score (nSPS) is 22.6. The van der Waals surface area contributed by atoms with Crippen LogP contribution in [0.3, 0.4) is 0 Å². The predicted octanol–water partition coefficient (Wildman–Crippen LogP) is 2.19. The molecular weight excluding hydrogens is 316 g/mol. The summed E-state index contributed by atoms with van der Waals surface area (Å²) in [7, 11) is 3.82. The molecule has 2 saturated heterocycles. The van der Waals surface area contributed by atoms with Crippen molar-refractivity contribution in [3.05, 3.63) is 24.3 Å². The van der Waals surface area contributed by atoms with Crippen molar-refractivity contribution in [3.8, 4) is 5.75 Å². The molecule has 1 aromatic carbocycles. The fourth-order valence-electron chi connectivity index (χ4n) is 3.67. The maximum atomic E-state index is 12.6. The number of amides is 2. The van der Waals surface area contributed by atoms with Gasteiger partial charge in [0.15, 0.2) is 0 Å². The van der Waals surface area contributed by atoms with Gasteiger partial charge in [-0.1, -0.05) is 0 Å². The van der Waals surface area contributed by atoms with Crippen LogP contribution >= 0.6 is 0 Å². The lowest BCUT2D eigenvalue weighted by Crippen LogP contribution is -2.49. The van der Waals surface area contributed by atoms with E-state index >= 15 is 0 Å². The van der Waals surface area contributed by atoms with Crippen molar-refractivity contribution in [2.24, 2.45) is 5.92 Å². The number of benzene rings is 1. The number of likely N-dealkylation sites (N-methyl/N-ethyl adjacent to an activating group) is 1. The molecule has 2 fully saturated rings. The Labute approximate surface area is 150 Å². The SMILES string of the molecule is COc1ccc(NC(=O)N2CCC[C@H](CN3CCN(C)CC3)C2)cc1. The van der Waals surface area contributed by atoms with Crippen LogP contribution in [0.1, 0.15) is 12.8 Å². The van der Waals surface area contributed by atoms with Crippen LogP contribution < -0.4 is 10.1 Å². The Morgan fingerprint density at radius 1 is 1.16 bits per heavy atom. The van der Waals surface area contributed by atoms with Crippen molar-refractivity contribution in [1.29, 1.82) is 0 Å². The number of methoxy groups -OCH3 is 1. The smallest absolute Gasteiger partial charge is 0.321 e. The molecule has 0 spiro atoms. The predicted molar refractivity (Wildman–Crippen MR) is 100 cm³/mol. The maximum absolute atomic E-state index is 12.6. The van der Waals surface area contributed by atoms with E-state index in [1.54, 1.807) is 7.11 Å². The fraction of sp³-hybridized carbons (Fsp3) is 0.632. The van der Waals surface area contributed by atoms with Crippen molar-refractivity contribution in [1.82, 2.24) is 14.7 Å². The molecule has 2 aliphatic heterocycles. The van der Waals surface area contributed by atoms with Gasteiger partial charge in [-0.3, -0.25) is 0 Å². The Bertz CT molecular complexity index is 555. The summed E-state index contributed by atoms with van der Waals surface area (Å²) in [5.74, 6) is 1.38. The molecule has 2 amide bonds. The van der Waals surface area contributed by atoms with Crippen LogP contribution in [0.2, 0.25) is 0 Å². The third-order valence-corrected chi connectivity index (χ3v) is 5.26. The second kappa shape index (κ2) is 8.54. The van der Waals surface area contributed by atoms with Gasteiger partial charge in [0.25, 0.3) is 0 Å². The third-order valence-electron chi connectivity index (χ3n) is 5.26. The highest BCUT2D eigenvalue weighted by Gasteiger charge is 2.26. The second-order valence-corrected chi connectivity index (χ2v) is 7.22. The number of urea groups is 1. The highest BCUT2D eigenvalue weighted by Crippen LogP contribution is 2.20. The molecule has 1 N–H and O–H groups in total. The molecule has 0 unspecified atom stereocenters. The van der Waals surface area contributed by atoms with Crippen LogP contribution in [0.25, 0.3) is 0 Å². The molecule has 3 rings (SSSR count). The maximum Gasteiger partial charge on any atom is 0.321 e. The van der Waals surface area contributed by atoms with Gasteiger partial charge in [0.1, 0.15) is 5.75 Å². The highest BCUT2D eigenvalue weighted by molar-refractivity contribution is 5.89. The summed E-state index contributed by atoms with van der Waals surface area (Å²) in [5.41, 5.74) is 0.812. The van der Waals surface area contributed by atoms with E-state index in [1.165, 1.54) is 6.42 Å². The molecule has 2 aliphatic rings. The van der Waals surface area contributed by atoms with Crippen molar-refractivity contribution in [3.63, 3.8) is 0 Å². The number of carbonyl (C=O) groups excluding carboxylic acids is 1. The van der Waals surface area contributed by atoms with E-state index in [1.807, 2.05) is 29.2 Å². The Morgan fingerprint density at radius 2 is 1.88 bits per heavy atom. The van der Waals surface area contributed by atoms with E-state index < -0.39 is 0 Å². The first kappa shape index (κ1) is 18.0. The summed E-state index contributed by atoms with van der Waals surface area (Å²) >= 11 is 0. The largest absolute Gasteiger partial charge is 0.497 e. The van der Waals surface area contributed by atoms with Crippen LogP contribution in [0.4, 0.5) is 10.5 Å². The third kappa shape index (κ3) is 5.09. The number of nitrogens with one attached hydrogen (secondary N) is 1. The van der Waals surface area contributed by atoms with Gasteiger partial charge in [0, 0.05) is 51.5 Å². The van der Waals surface area contributed by atoms with Crippen LogP contribution in [-0.4, -0.2) is 80.7 Å². The number of piperidine rings is 1. The Balaban J connectivity index is 1.49. The standard InChI is InChI=1S/C19H30N4O2/c1-21-10-12-22(13-11-21)14-16-4-3-9-23(15-16)19(24)20-17-5-7-18(25-2)8-6-17/h5-8,16H,3-4,9-15H2,1-2H3,(H,20,24)/t16-/m1/s1. The van der Waals surface area contributed by atoms with E-state index in [9.17, 15) is 4.79 Å². The number of likely N-dealkylation sites (tertiary alicyclic amines) is 1. The molecule has 138 valence electrons. The van der Waals surface area contributed by atoms with Gasteiger partial charge in [-0.2, -0.15) is 0 Å². The van der Waals surface area contributed by atoms with Crippen LogP contribution in [-0.2, 0) is 0 Å². The number of anilines is 1. The van der Waals surface area contributed by atoms with Crippen molar-refractivity contribution < 1.29 is 9.53 Å². The van der Waals surface area contributed by atoms with E-state index in [0.29, 0.717) is 5.92 Å². The molecule has 1 aromatic rings. The molecule has 0 radical (unpaired) electrons. The lowest BCUT2D eigenvalue weighted by Gasteiger charge is -2.38. The van der Waals surface area contributed by atoms with Crippen LogP contribution in [0.15, 0.2) is 24.3 Å². The molecule has 6 heteroatoms. The first-order valence-electron chi connectivity index (χ1n) is 9.25. The topological polar surface area (TPSA) is 48.1 Å². The summed E-state index contributed by atoms with van der Waals surface area (Å²) in [5, 5.41) is 3.00. The molecule has 6 nitrogen and oxygen atoms in total. The van der Waals surface area contributed by atoms with Gasteiger partial charge in [0.05, 0.1) is 7.11 Å². The second-order valence-electron chi connectivity index (χ2n) is 7.22. The van der Waals surface area contributed by atoms with Gasteiger partial charge in [-0.05, 0) is 50.1 Å². The quantitative estimate of drug-likeness (QED) is 0.908. The minimum absolute atomic E-state index is 0.00763. The van der Waals surface area contributed by atoms with Crippen molar-refractivity contribution in [2.75, 3.05) is 65.3 Å².